The summed E-state index contributed by atoms with van der Waals surface area (Å²) in [5.74, 6) is 1.10. The zero-order valence-corrected chi connectivity index (χ0v) is 18.3. The molecule has 0 saturated carbocycles. The number of pyridine rings is 1. The Hall–Kier alpha value is -4.31. The van der Waals surface area contributed by atoms with Gasteiger partial charge in [0.1, 0.15) is 11.4 Å². The minimum absolute atomic E-state index is 0.137. The van der Waals surface area contributed by atoms with E-state index in [1.54, 1.807) is 47.1 Å². The second kappa shape index (κ2) is 8.32. The van der Waals surface area contributed by atoms with E-state index in [2.05, 4.69) is 25.0 Å². The monoisotopic (exact) mass is 458 g/mol. The van der Waals surface area contributed by atoms with Gasteiger partial charge in [0.15, 0.2) is 5.65 Å². The van der Waals surface area contributed by atoms with Crippen LogP contribution in [-0.2, 0) is 10.0 Å². The lowest BCUT2D eigenvalue weighted by Crippen LogP contribution is -2.12. The maximum absolute atomic E-state index is 12.8. The molecule has 0 bridgehead atoms. The van der Waals surface area contributed by atoms with E-state index in [9.17, 15) is 8.42 Å². The molecule has 0 amide bonds. The number of nitrogens with zero attached hydrogens (tertiary/aromatic N) is 5. The molecule has 0 aliphatic carbocycles. The topological polar surface area (TPSA) is 111 Å². The summed E-state index contributed by atoms with van der Waals surface area (Å²) >= 11 is 0. The van der Waals surface area contributed by atoms with Gasteiger partial charge in [-0.2, -0.15) is 9.61 Å². The summed E-state index contributed by atoms with van der Waals surface area (Å²) in [5, 5.41) is 13.0. The molecule has 2 aromatic carbocycles. The van der Waals surface area contributed by atoms with E-state index in [4.69, 9.17) is 4.74 Å². The quantitative estimate of drug-likeness (QED) is 0.413. The molecule has 0 radical (unpaired) electrons. The summed E-state index contributed by atoms with van der Waals surface area (Å²) < 4.78 is 34.9. The summed E-state index contributed by atoms with van der Waals surface area (Å²) in [6.45, 7) is 0. The molecule has 0 aliphatic heterocycles. The van der Waals surface area contributed by atoms with E-state index < -0.39 is 10.0 Å². The van der Waals surface area contributed by atoms with Gasteiger partial charge in [-0.1, -0.05) is 18.2 Å². The van der Waals surface area contributed by atoms with E-state index >= 15 is 0 Å². The molecule has 5 rings (SSSR count). The molecule has 0 spiro atoms. The van der Waals surface area contributed by atoms with Crippen molar-refractivity contribution >= 4 is 21.4 Å². The second-order valence-electron chi connectivity index (χ2n) is 7.09. The van der Waals surface area contributed by atoms with E-state index in [0.29, 0.717) is 34.3 Å². The molecule has 10 heteroatoms. The van der Waals surface area contributed by atoms with Crippen LogP contribution in [0, 0.1) is 0 Å². The molecule has 164 valence electrons. The van der Waals surface area contributed by atoms with Gasteiger partial charge in [0.25, 0.3) is 10.0 Å². The van der Waals surface area contributed by atoms with Crippen LogP contribution in [-0.4, -0.2) is 40.3 Å². The van der Waals surface area contributed by atoms with Crippen LogP contribution in [0.3, 0.4) is 0 Å². The van der Waals surface area contributed by atoms with Gasteiger partial charge in [0.2, 0.25) is 5.82 Å². The molecular formula is C23H18N6O3S. The van der Waals surface area contributed by atoms with Gasteiger partial charge in [-0.3, -0.25) is 9.71 Å². The molecule has 3 heterocycles. The van der Waals surface area contributed by atoms with Gasteiger partial charge in [0.05, 0.1) is 17.7 Å². The molecule has 0 unspecified atom stereocenters. The SMILES string of the molecule is COc1ccc(S(=O)(=O)Nc2cccc(-c3ccc4nnc(-c5ccccn5)n4n3)c2)cc1. The van der Waals surface area contributed by atoms with Crippen LogP contribution in [0.4, 0.5) is 5.69 Å². The predicted molar refractivity (Wildman–Crippen MR) is 123 cm³/mol. The highest BCUT2D eigenvalue weighted by Crippen LogP contribution is 2.25. The van der Waals surface area contributed by atoms with Gasteiger partial charge in [-0.05, 0) is 60.7 Å². The zero-order chi connectivity index (χ0) is 22.8. The second-order valence-corrected chi connectivity index (χ2v) is 8.77. The molecule has 0 atom stereocenters. The van der Waals surface area contributed by atoms with Gasteiger partial charge in [-0.25, -0.2) is 8.42 Å². The Morgan fingerprint density at radius 2 is 1.73 bits per heavy atom. The third kappa shape index (κ3) is 4.11. The lowest BCUT2D eigenvalue weighted by Gasteiger charge is -2.10. The number of nitrogens with one attached hydrogen (secondary N) is 1. The first-order chi connectivity index (χ1) is 16.0. The van der Waals surface area contributed by atoms with Crippen LogP contribution in [0.2, 0.25) is 0 Å². The molecule has 0 aliphatic rings. The maximum Gasteiger partial charge on any atom is 0.261 e. The first-order valence-electron chi connectivity index (χ1n) is 9.95. The largest absolute Gasteiger partial charge is 0.497 e. The molecule has 0 saturated heterocycles. The van der Waals surface area contributed by atoms with E-state index in [0.717, 1.165) is 5.56 Å². The molecule has 5 aromatic rings. The van der Waals surface area contributed by atoms with E-state index in [-0.39, 0.29) is 4.90 Å². The Kier molecular flexibility index (Phi) is 5.19. The average molecular weight is 459 g/mol. The highest BCUT2D eigenvalue weighted by Gasteiger charge is 2.16. The Morgan fingerprint density at radius 3 is 2.48 bits per heavy atom. The smallest absolute Gasteiger partial charge is 0.261 e. The minimum atomic E-state index is -3.77. The van der Waals surface area contributed by atoms with Crippen LogP contribution >= 0.6 is 0 Å². The van der Waals surface area contributed by atoms with Crippen molar-refractivity contribution in [2.24, 2.45) is 0 Å². The number of methoxy groups -OCH3 is 1. The molecular weight excluding hydrogens is 440 g/mol. The molecule has 33 heavy (non-hydrogen) atoms. The highest BCUT2D eigenvalue weighted by molar-refractivity contribution is 7.92. The van der Waals surface area contributed by atoms with Crippen molar-refractivity contribution < 1.29 is 13.2 Å². The summed E-state index contributed by atoms with van der Waals surface area (Å²) in [6, 6.07) is 22.3. The van der Waals surface area contributed by atoms with Crippen molar-refractivity contribution in [1.82, 2.24) is 24.8 Å². The van der Waals surface area contributed by atoms with E-state index in [1.165, 1.54) is 19.2 Å². The number of rotatable bonds is 6. The fourth-order valence-corrected chi connectivity index (χ4v) is 4.36. The standard InChI is InChI=1S/C23H18N6O3S/c1-32-18-8-10-19(11-9-18)33(30,31)28-17-6-4-5-16(15-17)20-12-13-22-25-26-23(29(22)27-20)21-7-2-3-14-24-21/h2-15,28H,1H3. The van der Waals surface area contributed by atoms with Crippen molar-refractivity contribution in [3.8, 4) is 28.5 Å². The Labute approximate surface area is 189 Å². The van der Waals surface area contributed by atoms with Crippen molar-refractivity contribution in [3.63, 3.8) is 0 Å². The van der Waals surface area contributed by atoms with Gasteiger partial charge < -0.3 is 4.74 Å². The Morgan fingerprint density at radius 1 is 0.879 bits per heavy atom. The fraction of sp³-hybridized carbons (Fsp3) is 0.0435. The fourth-order valence-electron chi connectivity index (χ4n) is 3.31. The van der Waals surface area contributed by atoms with Crippen molar-refractivity contribution in [2.45, 2.75) is 4.90 Å². The number of sulfonamides is 1. The zero-order valence-electron chi connectivity index (χ0n) is 17.5. The van der Waals surface area contributed by atoms with E-state index in [1.807, 2.05) is 30.3 Å². The third-order valence-corrected chi connectivity index (χ3v) is 6.33. The number of anilines is 1. The molecule has 1 N–H and O–H groups in total. The first kappa shape index (κ1) is 20.6. The number of hydrogen-bond donors (Lipinski definition) is 1. The Balaban J connectivity index is 1.47. The highest BCUT2D eigenvalue weighted by atomic mass is 32.2. The summed E-state index contributed by atoms with van der Waals surface area (Å²) in [6.07, 6.45) is 1.68. The predicted octanol–water partition coefficient (Wildman–Crippen LogP) is 3.66. The van der Waals surface area contributed by atoms with Gasteiger partial charge in [-0.15, -0.1) is 10.2 Å². The van der Waals surface area contributed by atoms with Crippen LogP contribution in [0.25, 0.3) is 28.4 Å². The molecule has 3 aromatic heterocycles. The van der Waals surface area contributed by atoms with Crippen LogP contribution in [0.5, 0.6) is 5.75 Å². The summed E-state index contributed by atoms with van der Waals surface area (Å²) in [5.41, 5.74) is 3.00. The van der Waals surface area contributed by atoms with Crippen LogP contribution < -0.4 is 9.46 Å². The number of ether oxygens (including phenoxy) is 1. The summed E-state index contributed by atoms with van der Waals surface area (Å²) in [7, 11) is -2.24. The minimum Gasteiger partial charge on any atom is -0.497 e. The lowest BCUT2D eigenvalue weighted by molar-refractivity contribution is 0.414. The van der Waals surface area contributed by atoms with Crippen molar-refractivity contribution in [1.29, 1.82) is 0 Å². The molecule has 9 nitrogen and oxygen atoms in total. The van der Waals surface area contributed by atoms with Gasteiger partial charge >= 0.3 is 0 Å². The average Bonchev–Trinajstić information content (AvgIpc) is 3.28. The lowest BCUT2D eigenvalue weighted by atomic mass is 10.1. The van der Waals surface area contributed by atoms with Crippen molar-refractivity contribution in [3.05, 3.63) is 85.1 Å². The number of hydrogen-bond acceptors (Lipinski definition) is 7. The normalized spacial score (nSPS) is 11.4. The summed E-state index contributed by atoms with van der Waals surface area (Å²) in [4.78, 5) is 4.46. The third-order valence-electron chi connectivity index (χ3n) is 4.94. The molecule has 0 fully saturated rings. The van der Waals surface area contributed by atoms with Crippen molar-refractivity contribution in [2.75, 3.05) is 11.8 Å². The Bertz CT molecular complexity index is 1530. The number of benzene rings is 2. The van der Waals surface area contributed by atoms with Crippen LogP contribution in [0.15, 0.2) is 90.0 Å². The number of aromatic nitrogens is 5. The number of fused-ring (bicyclic) bond motifs is 1. The maximum atomic E-state index is 12.8. The first-order valence-corrected chi connectivity index (χ1v) is 11.4. The van der Waals surface area contributed by atoms with Gasteiger partial charge in [0, 0.05) is 17.4 Å². The van der Waals surface area contributed by atoms with Crippen LogP contribution in [0.1, 0.15) is 0 Å².